The van der Waals surface area contributed by atoms with E-state index in [1.54, 1.807) is 11.8 Å². The highest BCUT2D eigenvalue weighted by Gasteiger charge is 2.05. The van der Waals surface area contributed by atoms with Gasteiger partial charge in [0, 0.05) is 10.6 Å². The predicted molar refractivity (Wildman–Crippen MR) is 92.9 cm³/mol. The van der Waals surface area contributed by atoms with Crippen LogP contribution in [0.3, 0.4) is 0 Å². The summed E-state index contributed by atoms with van der Waals surface area (Å²) in [5.74, 6) is 0.806. The molecule has 2 aromatic carbocycles. The zero-order valence-corrected chi connectivity index (χ0v) is 14.0. The van der Waals surface area contributed by atoms with Gasteiger partial charge in [-0.2, -0.15) is 0 Å². The molecule has 0 radical (unpaired) electrons. The minimum absolute atomic E-state index is 0.0384. The lowest BCUT2D eigenvalue weighted by Gasteiger charge is -2.10. The number of anilines is 1. The van der Waals surface area contributed by atoms with Crippen molar-refractivity contribution in [1.82, 2.24) is 0 Å². The maximum atomic E-state index is 12.0. The van der Waals surface area contributed by atoms with Gasteiger partial charge in [0.15, 0.2) is 0 Å². The van der Waals surface area contributed by atoms with Crippen molar-refractivity contribution in [3.63, 3.8) is 0 Å². The van der Waals surface area contributed by atoms with Gasteiger partial charge in [-0.15, -0.1) is 11.8 Å². The number of rotatable bonds is 6. The summed E-state index contributed by atoms with van der Waals surface area (Å²) in [4.78, 5) is 13.1. The van der Waals surface area contributed by atoms with E-state index in [1.165, 1.54) is 0 Å². The van der Waals surface area contributed by atoms with Crippen LogP contribution in [0.5, 0.6) is 5.75 Å². The van der Waals surface area contributed by atoms with Crippen LogP contribution in [-0.2, 0) is 4.79 Å². The third-order valence-corrected chi connectivity index (χ3v) is 4.01. The molecule has 0 saturated carbocycles. The lowest BCUT2D eigenvalue weighted by Crippen LogP contribution is -2.15. The molecule has 0 unspecified atom stereocenters. The van der Waals surface area contributed by atoms with Crippen molar-refractivity contribution in [1.29, 1.82) is 0 Å². The molecule has 0 fully saturated rings. The van der Waals surface area contributed by atoms with E-state index in [4.69, 9.17) is 4.74 Å². The summed E-state index contributed by atoms with van der Waals surface area (Å²) in [5, 5.41) is 2.90. The second kappa shape index (κ2) is 7.90. The zero-order chi connectivity index (χ0) is 15.9. The van der Waals surface area contributed by atoms with Gasteiger partial charge in [-0.05, 0) is 55.5 Å². The Labute approximate surface area is 136 Å². The molecule has 2 rings (SSSR count). The minimum Gasteiger partial charge on any atom is -0.493 e. The summed E-state index contributed by atoms with van der Waals surface area (Å²) in [7, 11) is 0. The third-order valence-electron chi connectivity index (χ3n) is 3.28. The summed E-state index contributed by atoms with van der Waals surface area (Å²) in [6, 6.07) is 13.9. The Kier molecular flexibility index (Phi) is 5.90. The molecule has 1 N–H and O–H groups in total. The van der Waals surface area contributed by atoms with E-state index in [9.17, 15) is 4.79 Å². The molecule has 3 nitrogen and oxygen atoms in total. The fraction of sp³-hybridized carbons (Fsp3) is 0.278. The van der Waals surface area contributed by atoms with Gasteiger partial charge < -0.3 is 10.1 Å². The van der Waals surface area contributed by atoms with Gasteiger partial charge in [-0.3, -0.25) is 4.79 Å². The molecule has 0 saturated heterocycles. The molecule has 0 heterocycles. The van der Waals surface area contributed by atoms with Crippen LogP contribution in [0.4, 0.5) is 5.69 Å². The van der Waals surface area contributed by atoms with Gasteiger partial charge in [0.05, 0.1) is 13.0 Å². The number of thioether (sulfide) groups is 1. The molecule has 0 bridgehead atoms. The first kappa shape index (κ1) is 16.4. The summed E-state index contributed by atoms with van der Waals surface area (Å²) in [6.45, 7) is 4.40. The number of hydrogen-bond acceptors (Lipinski definition) is 3. The number of hydrogen-bond donors (Lipinski definition) is 1. The van der Waals surface area contributed by atoms with Crippen LogP contribution in [0.15, 0.2) is 47.4 Å². The van der Waals surface area contributed by atoms with Crippen LogP contribution in [0.25, 0.3) is 0 Å². The van der Waals surface area contributed by atoms with E-state index in [0.29, 0.717) is 13.0 Å². The van der Waals surface area contributed by atoms with E-state index in [-0.39, 0.29) is 5.91 Å². The van der Waals surface area contributed by atoms with Gasteiger partial charge in [0.1, 0.15) is 5.75 Å². The highest BCUT2D eigenvalue weighted by atomic mass is 32.2. The van der Waals surface area contributed by atoms with Gasteiger partial charge in [-0.1, -0.05) is 18.2 Å². The highest BCUT2D eigenvalue weighted by molar-refractivity contribution is 7.98. The molecular weight excluding hydrogens is 294 g/mol. The molecule has 116 valence electrons. The van der Waals surface area contributed by atoms with Crippen LogP contribution in [-0.4, -0.2) is 18.8 Å². The first-order valence-corrected chi connectivity index (χ1v) is 8.45. The number of aryl methyl sites for hydroxylation is 2. The predicted octanol–water partition coefficient (Wildman–Crippen LogP) is 4.43. The number of ether oxygens (including phenoxy) is 1. The van der Waals surface area contributed by atoms with Gasteiger partial charge in [0.25, 0.3) is 0 Å². The van der Waals surface area contributed by atoms with Crippen molar-refractivity contribution in [3.05, 3.63) is 53.6 Å². The topological polar surface area (TPSA) is 38.3 Å². The molecule has 22 heavy (non-hydrogen) atoms. The van der Waals surface area contributed by atoms with Crippen molar-refractivity contribution in [2.75, 3.05) is 18.2 Å². The fourth-order valence-corrected chi connectivity index (χ4v) is 2.50. The molecule has 0 aromatic heterocycles. The molecule has 0 aliphatic carbocycles. The highest BCUT2D eigenvalue weighted by Crippen LogP contribution is 2.20. The minimum atomic E-state index is -0.0384. The van der Waals surface area contributed by atoms with Crippen molar-refractivity contribution in [2.45, 2.75) is 25.2 Å². The first-order valence-electron chi connectivity index (χ1n) is 7.22. The van der Waals surface area contributed by atoms with Crippen molar-refractivity contribution < 1.29 is 9.53 Å². The molecule has 0 spiro atoms. The second-order valence-corrected chi connectivity index (χ2v) is 6.03. The van der Waals surface area contributed by atoms with Crippen LogP contribution < -0.4 is 10.1 Å². The Morgan fingerprint density at radius 2 is 2.00 bits per heavy atom. The monoisotopic (exact) mass is 315 g/mol. The molecule has 0 atom stereocenters. The summed E-state index contributed by atoms with van der Waals surface area (Å²) in [5.41, 5.74) is 3.06. The quantitative estimate of drug-likeness (QED) is 0.801. The maximum absolute atomic E-state index is 12.0. The van der Waals surface area contributed by atoms with Gasteiger partial charge in [-0.25, -0.2) is 0 Å². The normalized spacial score (nSPS) is 10.3. The van der Waals surface area contributed by atoms with Crippen molar-refractivity contribution >= 4 is 23.4 Å². The van der Waals surface area contributed by atoms with Crippen LogP contribution >= 0.6 is 11.8 Å². The molecule has 2 aromatic rings. The molecule has 0 aliphatic heterocycles. The lowest BCUT2D eigenvalue weighted by atomic mass is 10.1. The Hall–Kier alpha value is -1.94. The smallest absolute Gasteiger partial charge is 0.227 e. The number of carbonyl (C=O) groups excluding carboxylic acids is 1. The third kappa shape index (κ3) is 4.81. The van der Waals surface area contributed by atoms with Crippen molar-refractivity contribution in [2.24, 2.45) is 0 Å². The summed E-state index contributed by atoms with van der Waals surface area (Å²) in [6.07, 6.45) is 2.34. The molecule has 4 heteroatoms. The maximum Gasteiger partial charge on any atom is 0.227 e. The molecule has 1 amide bonds. The number of nitrogens with one attached hydrogen (secondary N) is 1. The zero-order valence-electron chi connectivity index (χ0n) is 13.2. The largest absolute Gasteiger partial charge is 0.493 e. The Balaban J connectivity index is 1.84. The van der Waals surface area contributed by atoms with E-state index < -0.39 is 0 Å². The van der Waals surface area contributed by atoms with Crippen LogP contribution in [0.1, 0.15) is 17.5 Å². The van der Waals surface area contributed by atoms with E-state index in [2.05, 4.69) is 5.32 Å². The van der Waals surface area contributed by atoms with E-state index in [1.807, 2.05) is 62.6 Å². The molecular formula is C18H21NO2S. The standard InChI is InChI=1S/C18H21NO2S/c1-13-7-8-14(2)17(11-13)21-10-9-18(20)19-15-5-4-6-16(12-15)22-3/h4-8,11-12H,9-10H2,1-3H3,(H,19,20). The molecule has 0 aliphatic rings. The fourth-order valence-electron chi connectivity index (χ4n) is 2.04. The number of carbonyl (C=O) groups is 1. The Bertz CT molecular complexity index is 655. The van der Waals surface area contributed by atoms with Crippen LogP contribution in [0.2, 0.25) is 0 Å². The van der Waals surface area contributed by atoms with E-state index in [0.717, 1.165) is 27.5 Å². The van der Waals surface area contributed by atoms with Gasteiger partial charge in [0.2, 0.25) is 5.91 Å². The Morgan fingerprint density at radius 3 is 2.77 bits per heavy atom. The number of benzene rings is 2. The lowest BCUT2D eigenvalue weighted by molar-refractivity contribution is -0.116. The van der Waals surface area contributed by atoms with Crippen LogP contribution in [0, 0.1) is 13.8 Å². The number of amides is 1. The second-order valence-electron chi connectivity index (χ2n) is 5.15. The SMILES string of the molecule is CSc1cccc(NC(=O)CCOc2cc(C)ccc2C)c1. The van der Waals surface area contributed by atoms with Gasteiger partial charge >= 0.3 is 0 Å². The summed E-state index contributed by atoms with van der Waals surface area (Å²) >= 11 is 1.65. The average Bonchev–Trinajstić information content (AvgIpc) is 2.51. The Morgan fingerprint density at radius 1 is 1.18 bits per heavy atom. The summed E-state index contributed by atoms with van der Waals surface area (Å²) < 4.78 is 5.71. The van der Waals surface area contributed by atoms with E-state index >= 15 is 0 Å². The average molecular weight is 315 g/mol. The first-order chi connectivity index (χ1) is 10.6. The van der Waals surface area contributed by atoms with Crippen molar-refractivity contribution in [3.8, 4) is 5.75 Å².